The Balaban J connectivity index is 3.36. The Hall–Kier alpha value is -1.06. The van der Waals surface area contributed by atoms with E-state index >= 15 is 0 Å². The van der Waals surface area contributed by atoms with E-state index in [1.54, 1.807) is 0 Å². The summed E-state index contributed by atoms with van der Waals surface area (Å²) < 4.78 is 0. The molecule has 0 heterocycles. The third kappa shape index (κ3) is 6.94. The van der Waals surface area contributed by atoms with E-state index in [9.17, 15) is 4.79 Å². The van der Waals surface area contributed by atoms with E-state index in [1.165, 1.54) is 6.21 Å². The zero-order valence-electron chi connectivity index (χ0n) is 5.50. The minimum Gasteiger partial charge on any atom is -0.333 e. The summed E-state index contributed by atoms with van der Waals surface area (Å²) in [5.74, 6) is 0.268. The Morgan fingerprint density at radius 2 is 2.33 bits per heavy atom. The molecule has 4 heteroatoms. The smallest absolute Gasteiger partial charge is 0.333 e. The quantitative estimate of drug-likeness (QED) is 0.340. The molecule has 0 saturated heterocycles. The summed E-state index contributed by atoms with van der Waals surface area (Å²) in [6.45, 7) is 3.82. The molecule has 0 saturated carbocycles. The van der Waals surface area contributed by atoms with Crippen LogP contribution in [0, 0.1) is 5.92 Å². The molecule has 2 N–H and O–H groups in total. The summed E-state index contributed by atoms with van der Waals surface area (Å²) in [7, 11) is 0. The summed E-state index contributed by atoms with van der Waals surface area (Å²) in [6, 6.07) is 0. The Labute approximate surface area is 53.7 Å². The van der Waals surface area contributed by atoms with Gasteiger partial charge in [0.15, 0.2) is 0 Å². The monoisotopic (exact) mass is 130 g/mol. The highest BCUT2D eigenvalue weighted by molar-refractivity contribution is 5.66. The lowest BCUT2D eigenvalue weighted by Crippen LogP contribution is -2.09. The van der Waals surface area contributed by atoms with Crippen LogP contribution < -0.4 is 5.73 Å². The molecule has 4 nitrogen and oxygen atoms in total. The lowest BCUT2D eigenvalue weighted by atomic mass is 10.3. The third-order valence-electron chi connectivity index (χ3n) is 0.502. The summed E-state index contributed by atoms with van der Waals surface area (Å²) in [5.41, 5.74) is 4.60. The van der Waals surface area contributed by atoms with Crippen LogP contribution in [0.25, 0.3) is 0 Å². The molecule has 0 spiro atoms. The molecule has 0 radical (unpaired) electrons. The highest BCUT2D eigenvalue weighted by atomic mass is 16.7. The number of amides is 1. The average Bonchev–Trinajstić information content (AvgIpc) is 1.63. The first-order valence-corrected chi connectivity index (χ1v) is 2.63. The maximum absolute atomic E-state index is 9.87. The Kier molecular flexibility index (Phi) is 3.43. The predicted octanol–water partition coefficient (Wildman–Crippen LogP) is 0.724. The normalized spacial score (nSPS) is 10.6. The highest BCUT2D eigenvalue weighted by Gasteiger charge is 1.88. The second-order valence-electron chi connectivity index (χ2n) is 1.91. The first-order valence-electron chi connectivity index (χ1n) is 2.63. The standard InChI is InChI=1S/C5H10N2O2/c1-4(2)3-7-9-5(6)8/h3-4H,1-2H3,(H2,6,8)/b7-3+. The van der Waals surface area contributed by atoms with Gasteiger partial charge in [-0.25, -0.2) is 4.79 Å². The van der Waals surface area contributed by atoms with Gasteiger partial charge in [0, 0.05) is 6.21 Å². The minimum atomic E-state index is -0.882. The molecule has 0 aliphatic rings. The van der Waals surface area contributed by atoms with Crippen molar-refractivity contribution >= 4 is 12.3 Å². The fourth-order valence-corrected chi connectivity index (χ4v) is 0.204. The molecular formula is C5H10N2O2. The second kappa shape index (κ2) is 3.88. The first kappa shape index (κ1) is 7.94. The Morgan fingerprint density at radius 3 is 2.67 bits per heavy atom. The minimum absolute atomic E-state index is 0.268. The van der Waals surface area contributed by atoms with Gasteiger partial charge in [-0.05, 0) is 5.92 Å². The van der Waals surface area contributed by atoms with Crippen molar-refractivity contribution in [1.29, 1.82) is 0 Å². The number of hydrogen-bond acceptors (Lipinski definition) is 3. The summed E-state index contributed by atoms with van der Waals surface area (Å²) in [4.78, 5) is 13.9. The van der Waals surface area contributed by atoms with Crippen molar-refractivity contribution in [3.8, 4) is 0 Å². The van der Waals surface area contributed by atoms with Crippen LogP contribution in [0.4, 0.5) is 4.79 Å². The fourth-order valence-electron chi connectivity index (χ4n) is 0.204. The molecule has 1 amide bonds. The molecule has 0 aliphatic heterocycles. The fraction of sp³-hybridized carbons (Fsp3) is 0.600. The SMILES string of the molecule is CC(C)/C=N/OC(N)=O. The van der Waals surface area contributed by atoms with Crippen LogP contribution in [0.1, 0.15) is 13.8 Å². The average molecular weight is 130 g/mol. The van der Waals surface area contributed by atoms with Crippen molar-refractivity contribution in [2.45, 2.75) is 13.8 Å². The molecular weight excluding hydrogens is 120 g/mol. The van der Waals surface area contributed by atoms with E-state index in [0.717, 1.165) is 0 Å². The largest absolute Gasteiger partial charge is 0.430 e. The zero-order valence-corrected chi connectivity index (χ0v) is 5.50. The summed E-state index contributed by atoms with van der Waals surface area (Å²) in [5, 5.41) is 3.27. The van der Waals surface area contributed by atoms with Gasteiger partial charge in [0.1, 0.15) is 0 Å². The van der Waals surface area contributed by atoms with Gasteiger partial charge in [-0.1, -0.05) is 19.0 Å². The van der Waals surface area contributed by atoms with Crippen LogP contribution in [0.5, 0.6) is 0 Å². The molecule has 0 bridgehead atoms. The van der Waals surface area contributed by atoms with Gasteiger partial charge < -0.3 is 5.73 Å². The maximum Gasteiger partial charge on any atom is 0.430 e. The van der Waals surface area contributed by atoms with Crippen LogP contribution in [0.3, 0.4) is 0 Å². The number of rotatable bonds is 2. The van der Waals surface area contributed by atoms with Gasteiger partial charge in [0.2, 0.25) is 0 Å². The lowest BCUT2D eigenvalue weighted by molar-refractivity contribution is 0.162. The van der Waals surface area contributed by atoms with Gasteiger partial charge in [0.25, 0.3) is 0 Å². The molecule has 0 aromatic carbocycles. The number of primary amides is 1. The van der Waals surface area contributed by atoms with E-state index in [2.05, 4.69) is 15.7 Å². The van der Waals surface area contributed by atoms with Gasteiger partial charge in [0.05, 0.1) is 0 Å². The van der Waals surface area contributed by atoms with Crippen LogP contribution in [0.2, 0.25) is 0 Å². The predicted molar refractivity (Wildman–Crippen MR) is 34.0 cm³/mol. The summed E-state index contributed by atoms with van der Waals surface area (Å²) >= 11 is 0. The molecule has 0 aromatic heterocycles. The van der Waals surface area contributed by atoms with Crippen LogP contribution in [0.15, 0.2) is 5.16 Å². The van der Waals surface area contributed by atoms with Gasteiger partial charge in [-0.2, -0.15) is 0 Å². The van der Waals surface area contributed by atoms with Crippen LogP contribution in [-0.2, 0) is 4.84 Å². The van der Waals surface area contributed by atoms with Crippen molar-refractivity contribution in [3.63, 3.8) is 0 Å². The lowest BCUT2D eigenvalue weighted by Gasteiger charge is -1.90. The van der Waals surface area contributed by atoms with Gasteiger partial charge in [-0.15, -0.1) is 0 Å². The van der Waals surface area contributed by atoms with E-state index in [4.69, 9.17) is 0 Å². The van der Waals surface area contributed by atoms with E-state index < -0.39 is 6.09 Å². The number of nitrogens with two attached hydrogens (primary N) is 1. The van der Waals surface area contributed by atoms with E-state index in [-0.39, 0.29) is 5.92 Å². The van der Waals surface area contributed by atoms with Crippen molar-refractivity contribution < 1.29 is 9.63 Å². The number of hydrogen-bond donors (Lipinski definition) is 1. The van der Waals surface area contributed by atoms with Crippen molar-refractivity contribution in [3.05, 3.63) is 0 Å². The Bertz CT molecular complexity index is 120. The summed E-state index contributed by atoms with van der Waals surface area (Å²) in [6.07, 6.45) is 0.608. The number of oxime groups is 1. The topological polar surface area (TPSA) is 64.7 Å². The molecule has 0 aromatic rings. The molecule has 0 atom stereocenters. The molecule has 0 fully saturated rings. The first-order chi connectivity index (χ1) is 4.13. The van der Waals surface area contributed by atoms with Gasteiger partial charge >= 0.3 is 6.09 Å². The van der Waals surface area contributed by atoms with Crippen molar-refractivity contribution in [1.82, 2.24) is 0 Å². The molecule has 0 unspecified atom stereocenters. The highest BCUT2D eigenvalue weighted by Crippen LogP contribution is 1.85. The maximum atomic E-state index is 9.87. The van der Waals surface area contributed by atoms with E-state index in [0.29, 0.717) is 0 Å². The van der Waals surface area contributed by atoms with Crippen molar-refractivity contribution in [2.75, 3.05) is 0 Å². The molecule has 0 rings (SSSR count). The van der Waals surface area contributed by atoms with E-state index in [1.807, 2.05) is 13.8 Å². The van der Waals surface area contributed by atoms with Crippen LogP contribution >= 0.6 is 0 Å². The second-order valence-corrected chi connectivity index (χ2v) is 1.91. The number of carbonyl (C=O) groups is 1. The van der Waals surface area contributed by atoms with Gasteiger partial charge in [-0.3, -0.25) is 4.84 Å². The third-order valence-corrected chi connectivity index (χ3v) is 0.502. The Morgan fingerprint density at radius 1 is 1.78 bits per heavy atom. The number of nitrogens with zero attached hydrogens (tertiary/aromatic N) is 1. The molecule has 9 heavy (non-hydrogen) atoms. The molecule has 0 aliphatic carbocycles. The number of carbonyl (C=O) groups excluding carboxylic acids is 1. The molecule has 52 valence electrons. The van der Waals surface area contributed by atoms with Crippen molar-refractivity contribution in [2.24, 2.45) is 16.8 Å². The van der Waals surface area contributed by atoms with Crippen LogP contribution in [-0.4, -0.2) is 12.3 Å². The zero-order chi connectivity index (χ0) is 7.28.